The normalized spacial score (nSPS) is 16.7. The largest absolute Gasteiger partial charge is 0.471 e. The molecule has 0 spiro atoms. The number of carbonyl (C=O) groups is 1. The molecule has 0 N–H and O–H groups in total. The fraction of sp³-hybridized carbons (Fsp3) is 0.522. The number of ether oxygens (including phenoxy) is 3. The van der Waals surface area contributed by atoms with Crippen molar-refractivity contribution in [2.24, 2.45) is 0 Å². The topological polar surface area (TPSA) is 73.8 Å². The van der Waals surface area contributed by atoms with Gasteiger partial charge in [0.2, 0.25) is 11.8 Å². The zero-order chi connectivity index (χ0) is 23.3. The van der Waals surface area contributed by atoms with E-state index in [-0.39, 0.29) is 24.6 Å². The molecule has 0 radical (unpaired) electrons. The van der Waals surface area contributed by atoms with Crippen LogP contribution in [0, 0.1) is 6.92 Å². The van der Waals surface area contributed by atoms with E-state index in [9.17, 15) is 13.6 Å². The van der Waals surface area contributed by atoms with Crippen molar-refractivity contribution in [2.75, 3.05) is 6.54 Å². The van der Waals surface area contributed by atoms with E-state index >= 15 is 0 Å². The number of carbonyl (C=O) groups excluding carboxylic acids is 1. The fourth-order valence-electron chi connectivity index (χ4n) is 3.46. The summed E-state index contributed by atoms with van der Waals surface area (Å²) in [6.07, 6.45) is 2.32. The number of pyridine rings is 2. The lowest BCUT2D eigenvalue weighted by atomic mass is 9.99. The van der Waals surface area contributed by atoms with E-state index in [1.807, 2.05) is 32.9 Å². The molecule has 0 saturated carbocycles. The van der Waals surface area contributed by atoms with Crippen LogP contribution in [-0.4, -0.2) is 39.7 Å². The lowest BCUT2D eigenvalue weighted by molar-refractivity contribution is -0.0535. The zero-order valence-corrected chi connectivity index (χ0v) is 18.8. The lowest BCUT2D eigenvalue weighted by Gasteiger charge is -2.36. The Morgan fingerprint density at radius 1 is 1.19 bits per heavy atom. The van der Waals surface area contributed by atoms with E-state index in [4.69, 9.17) is 9.47 Å². The maximum absolute atomic E-state index is 12.7. The molecular formula is C23H29F2N3O4. The summed E-state index contributed by atoms with van der Waals surface area (Å²) >= 11 is 0. The van der Waals surface area contributed by atoms with Crippen LogP contribution in [0.25, 0.3) is 0 Å². The molecule has 1 amide bonds. The van der Waals surface area contributed by atoms with Gasteiger partial charge in [-0.05, 0) is 59.1 Å². The Kier molecular flexibility index (Phi) is 7.48. The molecule has 1 fully saturated rings. The second kappa shape index (κ2) is 10.1. The molecule has 1 saturated heterocycles. The van der Waals surface area contributed by atoms with Crippen LogP contribution < -0.4 is 9.47 Å². The average molecular weight is 449 g/mol. The third-order valence-corrected chi connectivity index (χ3v) is 4.89. The van der Waals surface area contributed by atoms with E-state index in [1.165, 1.54) is 0 Å². The number of aryl methyl sites for hydroxylation is 1. The Morgan fingerprint density at radius 2 is 1.97 bits per heavy atom. The second-order valence-corrected chi connectivity index (χ2v) is 8.68. The van der Waals surface area contributed by atoms with Crippen molar-refractivity contribution < 1.29 is 27.8 Å². The van der Waals surface area contributed by atoms with Gasteiger partial charge in [0.05, 0.1) is 17.4 Å². The smallest absolute Gasteiger partial charge is 0.410 e. The molecule has 2 aromatic heterocycles. The first-order chi connectivity index (χ1) is 15.1. The summed E-state index contributed by atoms with van der Waals surface area (Å²) in [7, 11) is 0. The Morgan fingerprint density at radius 3 is 2.69 bits per heavy atom. The van der Waals surface area contributed by atoms with Crippen molar-refractivity contribution in [1.29, 1.82) is 0 Å². The SMILES string of the molecule is Cc1ccc(COc2cccc(C3CCCCN3C(=O)OC(C)(C)C)n2)nc1OC(F)F. The molecule has 174 valence electrons. The predicted molar refractivity (Wildman–Crippen MR) is 114 cm³/mol. The molecule has 0 bridgehead atoms. The minimum Gasteiger partial charge on any atom is -0.471 e. The van der Waals surface area contributed by atoms with Crippen molar-refractivity contribution in [3.05, 3.63) is 47.3 Å². The van der Waals surface area contributed by atoms with Gasteiger partial charge in [-0.2, -0.15) is 8.78 Å². The number of likely N-dealkylation sites (tertiary alicyclic amines) is 1. The van der Waals surface area contributed by atoms with Crippen LogP contribution >= 0.6 is 0 Å². The fourth-order valence-corrected chi connectivity index (χ4v) is 3.46. The Balaban J connectivity index is 1.71. The Labute approximate surface area is 186 Å². The summed E-state index contributed by atoms with van der Waals surface area (Å²) in [6, 6.07) is 8.50. The number of hydrogen-bond donors (Lipinski definition) is 0. The standard InChI is InChI=1S/C23H29F2N3O4/c1-15-11-12-16(26-20(15)31-21(24)25)14-30-19-10-7-8-17(27-19)18-9-5-6-13-28(18)22(29)32-23(2,3)4/h7-8,10-12,18,21H,5-6,9,13-14H2,1-4H3. The van der Waals surface area contributed by atoms with Crippen molar-refractivity contribution in [2.45, 2.75) is 71.8 Å². The van der Waals surface area contributed by atoms with Crippen LogP contribution in [0.5, 0.6) is 11.8 Å². The molecule has 0 aromatic carbocycles. The van der Waals surface area contributed by atoms with Crippen LogP contribution in [0.15, 0.2) is 30.3 Å². The monoisotopic (exact) mass is 449 g/mol. The summed E-state index contributed by atoms with van der Waals surface area (Å²) in [4.78, 5) is 23.1. The van der Waals surface area contributed by atoms with Gasteiger partial charge in [0.1, 0.15) is 12.2 Å². The maximum Gasteiger partial charge on any atom is 0.410 e. The highest BCUT2D eigenvalue weighted by molar-refractivity contribution is 5.69. The number of rotatable bonds is 6. The van der Waals surface area contributed by atoms with Gasteiger partial charge in [0.25, 0.3) is 0 Å². The number of alkyl halides is 2. The Hall–Kier alpha value is -2.97. The van der Waals surface area contributed by atoms with E-state index in [1.54, 1.807) is 30.0 Å². The molecule has 32 heavy (non-hydrogen) atoms. The summed E-state index contributed by atoms with van der Waals surface area (Å²) in [6.45, 7) is 4.86. The molecule has 1 unspecified atom stereocenters. The van der Waals surface area contributed by atoms with E-state index in [2.05, 4.69) is 14.7 Å². The first kappa shape index (κ1) is 23.7. The van der Waals surface area contributed by atoms with Crippen LogP contribution in [0.4, 0.5) is 13.6 Å². The molecule has 7 nitrogen and oxygen atoms in total. The van der Waals surface area contributed by atoms with Crippen molar-refractivity contribution in [3.63, 3.8) is 0 Å². The summed E-state index contributed by atoms with van der Waals surface area (Å²) in [5.41, 5.74) is 1.08. The number of halogens is 2. The van der Waals surface area contributed by atoms with Crippen LogP contribution in [0.2, 0.25) is 0 Å². The number of hydrogen-bond acceptors (Lipinski definition) is 6. The van der Waals surface area contributed by atoms with Gasteiger partial charge >= 0.3 is 12.7 Å². The first-order valence-corrected chi connectivity index (χ1v) is 10.6. The van der Waals surface area contributed by atoms with Gasteiger partial charge in [-0.3, -0.25) is 4.90 Å². The summed E-state index contributed by atoms with van der Waals surface area (Å²) in [5, 5.41) is 0. The average Bonchev–Trinajstić information content (AvgIpc) is 2.73. The Bertz CT molecular complexity index is 934. The van der Waals surface area contributed by atoms with Gasteiger partial charge in [0, 0.05) is 18.2 Å². The lowest BCUT2D eigenvalue weighted by Crippen LogP contribution is -2.42. The number of piperidine rings is 1. The third kappa shape index (κ3) is 6.51. The van der Waals surface area contributed by atoms with Gasteiger partial charge < -0.3 is 14.2 Å². The van der Waals surface area contributed by atoms with Crippen LogP contribution in [-0.2, 0) is 11.3 Å². The zero-order valence-electron chi connectivity index (χ0n) is 18.8. The molecule has 1 atom stereocenters. The number of aromatic nitrogens is 2. The molecule has 3 heterocycles. The van der Waals surface area contributed by atoms with E-state index in [0.717, 1.165) is 19.3 Å². The minimum atomic E-state index is -2.95. The highest BCUT2D eigenvalue weighted by Gasteiger charge is 2.32. The quantitative estimate of drug-likeness (QED) is 0.586. The summed E-state index contributed by atoms with van der Waals surface area (Å²) < 4.78 is 40.8. The van der Waals surface area contributed by atoms with Crippen LogP contribution in [0.3, 0.4) is 0 Å². The van der Waals surface area contributed by atoms with Crippen LogP contribution in [0.1, 0.15) is 63.0 Å². The predicted octanol–water partition coefficient (Wildman–Crippen LogP) is 5.43. The maximum atomic E-state index is 12.7. The molecule has 9 heteroatoms. The highest BCUT2D eigenvalue weighted by atomic mass is 19.3. The van der Waals surface area contributed by atoms with Crippen molar-refractivity contribution >= 4 is 6.09 Å². The van der Waals surface area contributed by atoms with Crippen molar-refractivity contribution in [1.82, 2.24) is 14.9 Å². The van der Waals surface area contributed by atoms with Gasteiger partial charge in [-0.1, -0.05) is 12.1 Å². The molecule has 1 aliphatic rings. The minimum absolute atomic E-state index is 0.0385. The highest BCUT2D eigenvalue weighted by Crippen LogP contribution is 2.32. The molecular weight excluding hydrogens is 420 g/mol. The molecule has 2 aromatic rings. The van der Waals surface area contributed by atoms with E-state index < -0.39 is 12.2 Å². The third-order valence-electron chi connectivity index (χ3n) is 4.89. The van der Waals surface area contributed by atoms with Crippen molar-refractivity contribution in [3.8, 4) is 11.8 Å². The van der Waals surface area contributed by atoms with Gasteiger partial charge in [-0.15, -0.1) is 0 Å². The first-order valence-electron chi connectivity index (χ1n) is 10.6. The molecule has 1 aliphatic heterocycles. The second-order valence-electron chi connectivity index (χ2n) is 8.68. The number of nitrogens with zero attached hydrogens (tertiary/aromatic N) is 3. The molecule has 0 aliphatic carbocycles. The van der Waals surface area contributed by atoms with Gasteiger partial charge in [0.15, 0.2) is 0 Å². The van der Waals surface area contributed by atoms with Gasteiger partial charge in [-0.25, -0.2) is 14.8 Å². The number of amides is 1. The molecule has 3 rings (SSSR count). The van der Waals surface area contributed by atoms with E-state index in [0.29, 0.717) is 29.4 Å². The summed E-state index contributed by atoms with van der Waals surface area (Å²) in [5.74, 6) is 0.230.